The molecule has 100 valence electrons. The first-order chi connectivity index (χ1) is 9.76. The van der Waals surface area contributed by atoms with E-state index >= 15 is 0 Å². The summed E-state index contributed by atoms with van der Waals surface area (Å²) in [7, 11) is 1.91. The van der Waals surface area contributed by atoms with E-state index in [-0.39, 0.29) is 0 Å². The Kier molecular flexibility index (Phi) is 3.73. The first kappa shape index (κ1) is 13.2. The SMILES string of the molecule is CNc1ccccc1/C=C/c1nc2cc(I)ccc2o1. The molecule has 0 saturated heterocycles. The molecule has 0 spiro atoms. The van der Waals surface area contributed by atoms with Crippen LogP contribution in [0.1, 0.15) is 11.5 Å². The maximum absolute atomic E-state index is 5.70. The average Bonchev–Trinajstić information content (AvgIpc) is 2.87. The summed E-state index contributed by atoms with van der Waals surface area (Å²) in [4.78, 5) is 4.47. The van der Waals surface area contributed by atoms with Crippen molar-refractivity contribution in [3.8, 4) is 0 Å². The van der Waals surface area contributed by atoms with Crippen molar-refractivity contribution in [1.82, 2.24) is 4.98 Å². The summed E-state index contributed by atoms with van der Waals surface area (Å²) >= 11 is 2.27. The highest BCUT2D eigenvalue weighted by molar-refractivity contribution is 14.1. The number of rotatable bonds is 3. The van der Waals surface area contributed by atoms with E-state index in [9.17, 15) is 0 Å². The van der Waals surface area contributed by atoms with E-state index < -0.39 is 0 Å². The predicted molar refractivity (Wildman–Crippen MR) is 91.6 cm³/mol. The van der Waals surface area contributed by atoms with E-state index in [1.165, 1.54) is 0 Å². The van der Waals surface area contributed by atoms with Gasteiger partial charge in [0.2, 0.25) is 5.89 Å². The fraction of sp³-hybridized carbons (Fsp3) is 0.0625. The molecule has 1 aromatic heterocycles. The summed E-state index contributed by atoms with van der Waals surface area (Å²) < 4.78 is 6.85. The molecule has 4 heteroatoms. The Bertz CT molecular complexity index is 777. The first-order valence-electron chi connectivity index (χ1n) is 6.27. The lowest BCUT2D eigenvalue weighted by atomic mass is 10.1. The van der Waals surface area contributed by atoms with Gasteiger partial charge in [-0.1, -0.05) is 18.2 Å². The molecule has 1 N–H and O–H groups in total. The molecular formula is C16H13IN2O. The molecule has 0 atom stereocenters. The number of hydrogen-bond acceptors (Lipinski definition) is 3. The Hall–Kier alpha value is -1.82. The van der Waals surface area contributed by atoms with Gasteiger partial charge in [0.05, 0.1) is 0 Å². The van der Waals surface area contributed by atoms with Gasteiger partial charge in [-0.3, -0.25) is 0 Å². The van der Waals surface area contributed by atoms with Crippen LogP contribution in [-0.2, 0) is 0 Å². The highest BCUT2D eigenvalue weighted by Crippen LogP contribution is 2.21. The molecule has 3 nitrogen and oxygen atoms in total. The van der Waals surface area contributed by atoms with Gasteiger partial charge in [-0.05, 0) is 58.5 Å². The Morgan fingerprint density at radius 3 is 2.85 bits per heavy atom. The van der Waals surface area contributed by atoms with Crippen LogP contribution in [0.25, 0.3) is 23.3 Å². The van der Waals surface area contributed by atoms with Gasteiger partial charge in [-0.15, -0.1) is 0 Å². The van der Waals surface area contributed by atoms with Gasteiger partial charge in [0.15, 0.2) is 5.58 Å². The molecular weight excluding hydrogens is 363 g/mol. The molecule has 0 radical (unpaired) electrons. The quantitative estimate of drug-likeness (QED) is 0.677. The van der Waals surface area contributed by atoms with Crippen molar-refractivity contribution in [1.29, 1.82) is 0 Å². The number of halogens is 1. The Labute approximate surface area is 130 Å². The highest BCUT2D eigenvalue weighted by Gasteiger charge is 2.03. The van der Waals surface area contributed by atoms with Crippen molar-refractivity contribution in [2.45, 2.75) is 0 Å². The molecule has 0 saturated carbocycles. The van der Waals surface area contributed by atoms with E-state index in [4.69, 9.17) is 4.42 Å². The van der Waals surface area contributed by atoms with Crippen LogP contribution >= 0.6 is 22.6 Å². The molecule has 0 unspecified atom stereocenters. The standard InChI is InChI=1S/C16H13IN2O/c1-18-13-5-3-2-4-11(13)6-9-16-19-14-10-12(17)7-8-15(14)20-16/h2-10,18H,1H3/b9-6+. The Morgan fingerprint density at radius 1 is 1.15 bits per heavy atom. The summed E-state index contributed by atoms with van der Waals surface area (Å²) in [6.07, 6.45) is 3.89. The fourth-order valence-electron chi connectivity index (χ4n) is 2.02. The number of aromatic nitrogens is 1. The molecule has 0 aliphatic carbocycles. The summed E-state index contributed by atoms with van der Waals surface area (Å²) in [5.41, 5.74) is 3.88. The third-order valence-corrected chi connectivity index (χ3v) is 3.67. The lowest BCUT2D eigenvalue weighted by Crippen LogP contribution is -1.90. The van der Waals surface area contributed by atoms with Gasteiger partial charge in [-0.25, -0.2) is 4.98 Å². The van der Waals surface area contributed by atoms with Crippen LogP contribution in [-0.4, -0.2) is 12.0 Å². The molecule has 2 aromatic carbocycles. The second-order valence-electron chi connectivity index (χ2n) is 4.33. The number of nitrogens with one attached hydrogen (secondary N) is 1. The normalized spacial score (nSPS) is 11.3. The van der Waals surface area contributed by atoms with Crippen molar-refractivity contribution < 1.29 is 4.42 Å². The Morgan fingerprint density at radius 2 is 2.00 bits per heavy atom. The molecule has 1 heterocycles. The lowest BCUT2D eigenvalue weighted by molar-refractivity contribution is 0.589. The molecule has 0 fully saturated rings. The van der Waals surface area contributed by atoms with Gasteiger partial charge in [0.25, 0.3) is 0 Å². The monoisotopic (exact) mass is 376 g/mol. The van der Waals surface area contributed by atoms with Crippen molar-refractivity contribution in [3.05, 3.63) is 57.5 Å². The van der Waals surface area contributed by atoms with E-state index in [0.717, 1.165) is 25.9 Å². The topological polar surface area (TPSA) is 38.1 Å². The summed E-state index contributed by atoms with van der Waals surface area (Å²) in [5.74, 6) is 0.618. The van der Waals surface area contributed by atoms with Gasteiger partial charge < -0.3 is 9.73 Å². The lowest BCUT2D eigenvalue weighted by Gasteiger charge is -2.03. The molecule has 0 amide bonds. The van der Waals surface area contributed by atoms with E-state index in [1.807, 2.05) is 61.7 Å². The van der Waals surface area contributed by atoms with Crippen molar-refractivity contribution in [3.63, 3.8) is 0 Å². The van der Waals surface area contributed by atoms with Crippen LogP contribution < -0.4 is 5.32 Å². The zero-order valence-electron chi connectivity index (χ0n) is 10.9. The van der Waals surface area contributed by atoms with Crippen LogP contribution in [0.3, 0.4) is 0 Å². The van der Waals surface area contributed by atoms with Gasteiger partial charge in [0.1, 0.15) is 5.52 Å². The third kappa shape index (κ3) is 2.70. The first-order valence-corrected chi connectivity index (χ1v) is 7.35. The number of fused-ring (bicyclic) bond motifs is 1. The van der Waals surface area contributed by atoms with E-state index in [0.29, 0.717) is 5.89 Å². The zero-order valence-corrected chi connectivity index (χ0v) is 13.1. The van der Waals surface area contributed by atoms with Crippen LogP contribution in [0.15, 0.2) is 46.9 Å². The third-order valence-electron chi connectivity index (χ3n) is 3.00. The second-order valence-corrected chi connectivity index (χ2v) is 5.58. The van der Waals surface area contributed by atoms with E-state index in [1.54, 1.807) is 0 Å². The molecule has 3 aromatic rings. The molecule has 0 bridgehead atoms. The van der Waals surface area contributed by atoms with Crippen LogP contribution in [0.2, 0.25) is 0 Å². The fourth-order valence-corrected chi connectivity index (χ4v) is 2.50. The number of para-hydroxylation sites is 1. The second kappa shape index (κ2) is 5.66. The summed E-state index contributed by atoms with van der Waals surface area (Å²) in [6.45, 7) is 0. The predicted octanol–water partition coefficient (Wildman–Crippen LogP) is 4.64. The minimum Gasteiger partial charge on any atom is -0.437 e. The van der Waals surface area contributed by atoms with Crippen molar-refractivity contribution >= 4 is 51.5 Å². The maximum Gasteiger partial charge on any atom is 0.220 e. The van der Waals surface area contributed by atoms with Gasteiger partial charge in [0, 0.05) is 22.4 Å². The number of anilines is 1. The summed E-state index contributed by atoms with van der Waals surface area (Å²) in [5, 5.41) is 3.16. The van der Waals surface area contributed by atoms with Crippen molar-refractivity contribution in [2.75, 3.05) is 12.4 Å². The summed E-state index contributed by atoms with van der Waals surface area (Å²) in [6, 6.07) is 14.1. The highest BCUT2D eigenvalue weighted by atomic mass is 127. The number of hydrogen-bond donors (Lipinski definition) is 1. The average molecular weight is 376 g/mol. The number of nitrogens with zero attached hydrogens (tertiary/aromatic N) is 1. The van der Waals surface area contributed by atoms with Gasteiger partial charge in [-0.2, -0.15) is 0 Å². The molecule has 20 heavy (non-hydrogen) atoms. The van der Waals surface area contributed by atoms with Crippen LogP contribution in [0.5, 0.6) is 0 Å². The number of benzene rings is 2. The zero-order chi connectivity index (χ0) is 13.9. The van der Waals surface area contributed by atoms with Crippen LogP contribution in [0, 0.1) is 3.57 Å². The van der Waals surface area contributed by atoms with Crippen molar-refractivity contribution in [2.24, 2.45) is 0 Å². The molecule has 3 rings (SSSR count). The largest absolute Gasteiger partial charge is 0.437 e. The minimum atomic E-state index is 0.618. The molecule has 0 aliphatic rings. The number of oxazole rings is 1. The Balaban J connectivity index is 1.94. The van der Waals surface area contributed by atoms with E-state index in [2.05, 4.69) is 32.9 Å². The smallest absolute Gasteiger partial charge is 0.220 e. The minimum absolute atomic E-state index is 0.618. The van der Waals surface area contributed by atoms with Gasteiger partial charge >= 0.3 is 0 Å². The maximum atomic E-state index is 5.70. The van der Waals surface area contributed by atoms with Crippen LogP contribution in [0.4, 0.5) is 5.69 Å². The molecule has 0 aliphatic heterocycles.